The van der Waals surface area contributed by atoms with E-state index in [1.165, 1.54) is 0 Å². The number of thiazole rings is 1. The molecule has 3 N–H and O–H groups in total. The average Bonchev–Trinajstić information content (AvgIpc) is 3.23. The van der Waals surface area contributed by atoms with Crippen LogP contribution in [0.5, 0.6) is 5.75 Å². The smallest absolute Gasteiger partial charge is 0.251 e. The van der Waals surface area contributed by atoms with Gasteiger partial charge in [0, 0.05) is 17.5 Å². The molecule has 1 amide bonds. The van der Waals surface area contributed by atoms with Gasteiger partial charge in [-0.2, -0.15) is 0 Å². The van der Waals surface area contributed by atoms with Gasteiger partial charge in [0.15, 0.2) is 0 Å². The monoisotopic (exact) mass is 345 g/mol. The molecule has 0 bridgehead atoms. The SMILES string of the molecule is Cc1nc(COc2cccc(C(=O)NC3(CN)CCCC3)c2)cs1. The summed E-state index contributed by atoms with van der Waals surface area (Å²) in [5.41, 5.74) is 7.15. The van der Waals surface area contributed by atoms with E-state index >= 15 is 0 Å². The first-order valence-electron chi connectivity index (χ1n) is 8.27. The molecule has 1 aromatic carbocycles. The Balaban J connectivity index is 1.64. The molecule has 1 aromatic heterocycles. The van der Waals surface area contributed by atoms with Crippen LogP contribution in [0.15, 0.2) is 29.6 Å². The Morgan fingerprint density at radius 3 is 2.88 bits per heavy atom. The van der Waals surface area contributed by atoms with Gasteiger partial charge in [-0.05, 0) is 38.0 Å². The minimum Gasteiger partial charge on any atom is -0.487 e. The zero-order valence-corrected chi connectivity index (χ0v) is 14.7. The zero-order chi connectivity index (χ0) is 17.0. The number of nitrogens with one attached hydrogen (secondary N) is 1. The quantitative estimate of drug-likeness (QED) is 0.843. The lowest BCUT2D eigenvalue weighted by molar-refractivity contribution is 0.0902. The van der Waals surface area contributed by atoms with Gasteiger partial charge in [-0.1, -0.05) is 18.9 Å². The third kappa shape index (κ3) is 3.94. The van der Waals surface area contributed by atoms with Crippen LogP contribution in [0.4, 0.5) is 0 Å². The van der Waals surface area contributed by atoms with Gasteiger partial charge in [0.1, 0.15) is 12.4 Å². The number of ether oxygens (including phenoxy) is 1. The molecule has 1 aliphatic carbocycles. The van der Waals surface area contributed by atoms with E-state index in [4.69, 9.17) is 10.5 Å². The highest BCUT2D eigenvalue weighted by Gasteiger charge is 2.34. The van der Waals surface area contributed by atoms with E-state index in [9.17, 15) is 4.79 Å². The predicted octanol–water partition coefficient (Wildman–Crippen LogP) is 3.03. The van der Waals surface area contributed by atoms with E-state index < -0.39 is 0 Å². The van der Waals surface area contributed by atoms with E-state index in [0.29, 0.717) is 24.5 Å². The van der Waals surface area contributed by atoms with Crippen LogP contribution < -0.4 is 15.8 Å². The standard InChI is InChI=1S/C18H23N3O2S/c1-13-20-15(11-24-13)10-23-16-6-4-5-14(9-16)17(22)21-18(12-19)7-2-3-8-18/h4-6,9,11H,2-3,7-8,10,12,19H2,1H3,(H,21,22). The fourth-order valence-electron chi connectivity index (χ4n) is 3.10. The molecular formula is C18H23N3O2S. The van der Waals surface area contributed by atoms with Crippen molar-refractivity contribution < 1.29 is 9.53 Å². The van der Waals surface area contributed by atoms with Gasteiger partial charge in [0.05, 0.1) is 16.2 Å². The van der Waals surface area contributed by atoms with Gasteiger partial charge in [-0.15, -0.1) is 11.3 Å². The molecule has 1 aliphatic rings. The van der Waals surface area contributed by atoms with Gasteiger partial charge >= 0.3 is 0 Å². The first-order chi connectivity index (χ1) is 11.6. The molecule has 2 aromatic rings. The third-order valence-corrected chi connectivity index (χ3v) is 5.30. The molecule has 1 fully saturated rings. The molecular weight excluding hydrogens is 322 g/mol. The molecule has 0 unspecified atom stereocenters. The zero-order valence-electron chi connectivity index (χ0n) is 13.9. The lowest BCUT2D eigenvalue weighted by Gasteiger charge is -2.28. The van der Waals surface area contributed by atoms with Crippen LogP contribution in [0, 0.1) is 6.92 Å². The van der Waals surface area contributed by atoms with Gasteiger partial charge in [0.25, 0.3) is 5.91 Å². The van der Waals surface area contributed by atoms with E-state index in [0.717, 1.165) is 36.4 Å². The van der Waals surface area contributed by atoms with Crippen molar-refractivity contribution in [2.75, 3.05) is 6.54 Å². The summed E-state index contributed by atoms with van der Waals surface area (Å²) in [5, 5.41) is 6.13. The van der Waals surface area contributed by atoms with Gasteiger partial charge in [0.2, 0.25) is 0 Å². The summed E-state index contributed by atoms with van der Waals surface area (Å²) in [6.07, 6.45) is 4.14. The van der Waals surface area contributed by atoms with E-state index in [1.807, 2.05) is 24.4 Å². The second-order valence-corrected chi connectivity index (χ2v) is 7.38. The normalized spacial score (nSPS) is 16.1. The maximum absolute atomic E-state index is 12.6. The van der Waals surface area contributed by atoms with Gasteiger partial charge < -0.3 is 15.8 Å². The van der Waals surface area contributed by atoms with Crippen molar-refractivity contribution >= 4 is 17.2 Å². The molecule has 0 aliphatic heterocycles. The van der Waals surface area contributed by atoms with E-state index in [-0.39, 0.29) is 11.4 Å². The predicted molar refractivity (Wildman–Crippen MR) is 95.3 cm³/mol. The molecule has 6 heteroatoms. The Morgan fingerprint density at radius 1 is 1.42 bits per heavy atom. The second kappa shape index (κ2) is 7.32. The Labute approximate surface area is 146 Å². The molecule has 128 valence electrons. The summed E-state index contributed by atoms with van der Waals surface area (Å²) in [4.78, 5) is 16.9. The maximum Gasteiger partial charge on any atom is 0.251 e. The second-order valence-electron chi connectivity index (χ2n) is 6.32. The number of hydrogen-bond acceptors (Lipinski definition) is 5. The van der Waals surface area contributed by atoms with Crippen molar-refractivity contribution in [3.8, 4) is 5.75 Å². The van der Waals surface area contributed by atoms with Crippen LogP contribution in [-0.4, -0.2) is 23.0 Å². The number of benzene rings is 1. The van der Waals surface area contributed by atoms with Crippen molar-refractivity contribution in [2.24, 2.45) is 5.73 Å². The summed E-state index contributed by atoms with van der Waals surface area (Å²) < 4.78 is 5.76. The third-order valence-electron chi connectivity index (χ3n) is 4.48. The lowest BCUT2D eigenvalue weighted by Crippen LogP contribution is -2.51. The Bertz CT molecular complexity index is 708. The minimum absolute atomic E-state index is 0.0858. The maximum atomic E-state index is 12.6. The van der Waals surface area contributed by atoms with Crippen molar-refractivity contribution in [1.29, 1.82) is 0 Å². The largest absolute Gasteiger partial charge is 0.487 e. The fourth-order valence-corrected chi connectivity index (χ4v) is 3.70. The molecule has 0 saturated heterocycles. The van der Waals surface area contributed by atoms with Crippen molar-refractivity contribution in [1.82, 2.24) is 10.3 Å². The number of rotatable bonds is 6. The molecule has 1 heterocycles. The van der Waals surface area contributed by atoms with E-state index in [1.54, 1.807) is 23.5 Å². The Kier molecular flexibility index (Phi) is 5.16. The van der Waals surface area contributed by atoms with Crippen LogP contribution >= 0.6 is 11.3 Å². The molecule has 5 nitrogen and oxygen atoms in total. The number of nitrogens with two attached hydrogens (primary N) is 1. The van der Waals surface area contributed by atoms with Crippen LogP contribution in [0.1, 0.15) is 46.7 Å². The van der Waals surface area contributed by atoms with Crippen LogP contribution in [0.3, 0.4) is 0 Å². The molecule has 1 saturated carbocycles. The topological polar surface area (TPSA) is 77.2 Å². The van der Waals surface area contributed by atoms with Gasteiger partial charge in [-0.3, -0.25) is 4.79 Å². The van der Waals surface area contributed by atoms with Crippen molar-refractivity contribution in [3.05, 3.63) is 45.9 Å². The number of nitrogens with zero attached hydrogens (tertiary/aromatic N) is 1. The first-order valence-corrected chi connectivity index (χ1v) is 9.15. The lowest BCUT2D eigenvalue weighted by atomic mass is 9.97. The summed E-state index contributed by atoms with van der Waals surface area (Å²) >= 11 is 1.60. The molecule has 0 radical (unpaired) electrons. The van der Waals surface area contributed by atoms with E-state index in [2.05, 4.69) is 10.3 Å². The first kappa shape index (κ1) is 16.9. The number of carbonyl (C=O) groups excluding carboxylic acids is 1. The van der Waals surface area contributed by atoms with Gasteiger partial charge in [-0.25, -0.2) is 4.98 Å². The Hall–Kier alpha value is -1.92. The van der Waals surface area contributed by atoms with Crippen molar-refractivity contribution in [2.45, 2.75) is 44.8 Å². The van der Waals surface area contributed by atoms with Crippen molar-refractivity contribution in [3.63, 3.8) is 0 Å². The average molecular weight is 345 g/mol. The molecule has 0 spiro atoms. The number of aryl methyl sites for hydroxylation is 1. The van der Waals surface area contributed by atoms with Crippen LogP contribution in [0.2, 0.25) is 0 Å². The van der Waals surface area contributed by atoms with Crippen LogP contribution in [-0.2, 0) is 6.61 Å². The summed E-state index contributed by atoms with van der Waals surface area (Å²) in [6, 6.07) is 7.26. The number of aromatic nitrogens is 1. The Morgan fingerprint density at radius 2 is 2.21 bits per heavy atom. The number of hydrogen-bond donors (Lipinski definition) is 2. The minimum atomic E-state index is -0.244. The summed E-state index contributed by atoms with van der Waals surface area (Å²) in [7, 11) is 0. The highest BCUT2D eigenvalue weighted by Crippen LogP contribution is 2.29. The molecule has 3 rings (SSSR count). The summed E-state index contributed by atoms with van der Waals surface area (Å²) in [6.45, 7) is 2.86. The fraction of sp³-hybridized carbons (Fsp3) is 0.444. The number of carbonyl (C=O) groups is 1. The molecule has 0 atom stereocenters. The summed E-state index contributed by atoms with van der Waals surface area (Å²) in [5.74, 6) is 0.582. The highest BCUT2D eigenvalue weighted by atomic mass is 32.1. The highest BCUT2D eigenvalue weighted by molar-refractivity contribution is 7.09. The molecule has 24 heavy (non-hydrogen) atoms. The van der Waals surface area contributed by atoms with Crippen LogP contribution in [0.25, 0.3) is 0 Å². The number of amides is 1.